The van der Waals surface area contributed by atoms with Crippen LogP contribution >= 0.6 is 0 Å². The highest BCUT2D eigenvalue weighted by Gasteiger charge is 2.44. The average molecular weight is 173 g/mol. The van der Waals surface area contributed by atoms with Gasteiger partial charge in [0.15, 0.2) is 0 Å². The van der Waals surface area contributed by atoms with Gasteiger partial charge >= 0.3 is 11.9 Å². The maximum Gasteiger partial charge on any atom is 0.320 e. The summed E-state index contributed by atoms with van der Waals surface area (Å²) in [6.45, 7) is 0. The van der Waals surface area contributed by atoms with Gasteiger partial charge in [-0.1, -0.05) is 0 Å². The van der Waals surface area contributed by atoms with Crippen LogP contribution in [0.15, 0.2) is 0 Å². The summed E-state index contributed by atoms with van der Waals surface area (Å²) in [5.74, 6) is -2.31. The van der Waals surface area contributed by atoms with Crippen molar-refractivity contribution in [2.45, 2.75) is 18.9 Å². The third-order valence-corrected chi connectivity index (χ3v) is 2.11. The van der Waals surface area contributed by atoms with Gasteiger partial charge in [0.2, 0.25) is 0 Å². The molecule has 4 N–H and O–H groups in total. The number of hydrogen-bond acceptors (Lipinski definition) is 3. The van der Waals surface area contributed by atoms with Gasteiger partial charge in [0.05, 0.1) is 5.92 Å². The van der Waals surface area contributed by atoms with E-state index in [1.54, 1.807) is 0 Å². The van der Waals surface area contributed by atoms with Crippen LogP contribution in [0.1, 0.15) is 12.8 Å². The molecule has 1 aliphatic carbocycles. The first-order valence-corrected chi connectivity index (χ1v) is 3.73. The Balaban J connectivity index is 2.27. The number of carboxylic acid groups (broad SMARTS) is 2. The van der Waals surface area contributed by atoms with E-state index in [2.05, 4.69) is 0 Å². The van der Waals surface area contributed by atoms with Crippen LogP contribution in [0.2, 0.25) is 0 Å². The van der Waals surface area contributed by atoms with Gasteiger partial charge in [0, 0.05) is 0 Å². The molecule has 0 amide bonds. The molecule has 3 atom stereocenters. The van der Waals surface area contributed by atoms with Crippen molar-refractivity contribution in [2.75, 3.05) is 0 Å². The van der Waals surface area contributed by atoms with E-state index >= 15 is 0 Å². The normalized spacial score (nSPS) is 29.4. The minimum Gasteiger partial charge on any atom is -0.481 e. The lowest BCUT2D eigenvalue weighted by Gasteiger charge is -2.03. The van der Waals surface area contributed by atoms with Crippen molar-refractivity contribution < 1.29 is 19.8 Å². The first-order chi connectivity index (χ1) is 5.52. The fourth-order valence-electron chi connectivity index (χ4n) is 1.24. The maximum atomic E-state index is 10.3. The molecule has 0 heterocycles. The van der Waals surface area contributed by atoms with Crippen molar-refractivity contribution in [3.8, 4) is 0 Å². The summed E-state index contributed by atoms with van der Waals surface area (Å²) in [5, 5.41) is 16.9. The van der Waals surface area contributed by atoms with Gasteiger partial charge in [-0.2, -0.15) is 0 Å². The van der Waals surface area contributed by atoms with Crippen molar-refractivity contribution >= 4 is 11.9 Å². The van der Waals surface area contributed by atoms with Gasteiger partial charge in [-0.3, -0.25) is 9.59 Å². The van der Waals surface area contributed by atoms with Gasteiger partial charge in [-0.25, -0.2) is 0 Å². The molecule has 1 fully saturated rings. The average Bonchev–Trinajstić information content (AvgIpc) is 2.67. The molecule has 5 heteroatoms. The zero-order valence-corrected chi connectivity index (χ0v) is 6.43. The third-order valence-electron chi connectivity index (χ3n) is 2.11. The summed E-state index contributed by atoms with van der Waals surface area (Å²) in [6, 6.07) is -0.917. The first-order valence-electron chi connectivity index (χ1n) is 3.73. The zero-order valence-electron chi connectivity index (χ0n) is 6.43. The van der Waals surface area contributed by atoms with Crippen molar-refractivity contribution in [1.29, 1.82) is 0 Å². The van der Waals surface area contributed by atoms with Crippen molar-refractivity contribution in [3.63, 3.8) is 0 Å². The largest absolute Gasteiger partial charge is 0.481 e. The molecule has 0 aromatic rings. The minimum atomic E-state index is -1.06. The second-order valence-corrected chi connectivity index (χ2v) is 3.12. The van der Waals surface area contributed by atoms with E-state index in [1.165, 1.54) is 0 Å². The lowest BCUT2D eigenvalue weighted by atomic mass is 10.1. The molecule has 5 nitrogen and oxygen atoms in total. The predicted octanol–water partition coefficient (Wildman–Crippen LogP) is -0.491. The Morgan fingerprint density at radius 2 is 2.08 bits per heavy atom. The van der Waals surface area contributed by atoms with Gasteiger partial charge in [0.25, 0.3) is 0 Å². The van der Waals surface area contributed by atoms with Crippen LogP contribution < -0.4 is 5.73 Å². The summed E-state index contributed by atoms with van der Waals surface area (Å²) in [5.41, 5.74) is 5.23. The molecule has 0 unspecified atom stereocenters. The number of aliphatic carboxylic acids is 2. The highest BCUT2D eigenvalue weighted by Crippen LogP contribution is 2.41. The Labute approximate surface area is 69.2 Å². The van der Waals surface area contributed by atoms with E-state index in [1.807, 2.05) is 0 Å². The monoisotopic (exact) mass is 173 g/mol. The van der Waals surface area contributed by atoms with E-state index in [-0.39, 0.29) is 18.3 Å². The highest BCUT2D eigenvalue weighted by molar-refractivity contribution is 5.75. The van der Waals surface area contributed by atoms with Crippen LogP contribution in [0.3, 0.4) is 0 Å². The van der Waals surface area contributed by atoms with Gasteiger partial charge < -0.3 is 15.9 Å². The lowest BCUT2D eigenvalue weighted by Crippen LogP contribution is -2.30. The number of carbonyl (C=O) groups is 2. The fourth-order valence-corrected chi connectivity index (χ4v) is 1.24. The Hall–Kier alpha value is -1.10. The molecule has 1 aliphatic rings. The standard InChI is InChI=1S/C7H11NO4/c8-5(7(11)12)2-3-1-4(3)6(9)10/h3-5H,1-2,8H2,(H,9,10)(H,11,12)/t3-,4-,5+/m0/s1. The smallest absolute Gasteiger partial charge is 0.320 e. The van der Waals surface area contributed by atoms with E-state index in [4.69, 9.17) is 15.9 Å². The third kappa shape index (κ3) is 1.94. The molecule has 68 valence electrons. The predicted molar refractivity (Wildman–Crippen MR) is 39.5 cm³/mol. The summed E-state index contributed by atoms with van der Waals surface area (Å²) in [7, 11) is 0. The van der Waals surface area contributed by atoms with Crippen LogP contribution in [-0.2, 0) is 9.59 Å². The van der Waals surface area contributed by atoms with Crippen LogP contribution in [0.4, 0.5) is 0 Å². The van der Waals surface area contributed by atoms with E-state index in [0.29, 0.717) is 6.42 Å². The molecule has 0 bridgehead atoms. The molecule has 0 spiro atoms. The topological polar surface area (TPSA) is 101 Å². The van der Waals surface area contributed by atoms with Crippen LogP contribution in [0, 0.1) is 11.8 Å². The maximum absolute atomic E-state index is 10.3. The number of hydrogen-bond donors (Lipinski definition) is 3. The van der Waals surface area contributed by atoms with Crippen LogP contribution in [0.5, 0.6) is 0 Å². The second kappa shape index (κ2) is 3.10. The molecule has 0 aromatic heterocycles. The SMILES string of the molecule is N[C@H](C[C@@H]1C[C@@H]1C(=O)O)C(=O)O. The summed E-state index contributed by atoms with van der Waals surface area (Å²) >= 11 is 0. The Kier molecular flexibility index (Phi) is 2.32. The lowest BCUT2D eigenvalue weighted by molar-refractivity contribution is -0.140. The molecular weight excluding hydrogens is 162 g/mol. The van der Waals surface area contributed by atoms with E-state index < -0.39 is 18.0 Å². The summed E-state index contributed by atoms with van der Waals surface area (Å²) in [4.78, 5) is 20.6. The highest BCUT2D eigenvalue weighted by atomic mass is 16.4. The first kappa shape index (κ1) is 8.99. The van der Waals surface area contributed by atoms with Crippen molar-refractivity contribution in [1.82, 2.24) is 0 Å². The van der Waals surface area contributed by atoms with Gasteiger partial charge in [-0.05, 0) is 18.8 Å². The number of rotatable bonds is 4. The Bertz CT molecular complexity index is 215. The van der Waals surface area contributed by atoms with Gasteiger partial charge in [0.1, 0.15) is 6.04 Å². The molecule has 1 rings (SSSR count). The molecule has 0 saturated heterocycles. The minimum absolute atomic E-state index is 0.0337. The Morgan fingerprint density at radius 1 is 1.50 bits per heavy atom. The molecule has 0 aliphatic heterocycles. The zero-order chi connectivity index (χ0) is 9.30. The van der Waals surface area contributed by atoms with Crippen LogP contribution in [0.25, 0.3) is 0 Å². The quantitative estimate of drug-likeness (QED) is 0.532. The molecule has 0 aromatic carbocycles. The van der Waals surface area contributed by atoms with E-state index in [0.717, 1.165) is 0 Å². The fraction of sp³-hybridized carbons (Fsp3) is 0.714. The van der Waals surface area contributed by atoms with Crippen LogP contribution in [-0.4, -0.2) is 28.2 Å². The van der Waals surface area contributed by atoms with Crippen molar-refractivity contribution in [2.24, 2.45) is 17.6 Å². The molecule has 12 heavy (non-hydrogen) atoms. The molecule has 0 radical (unpaired) electrons. The molecular formula is C7H11NO4. The second-order valence-electron chi connectivity index (χ2n) is 3.12. The number of nitrogens with two attached hydrogens (primary N) is 1. The number of carboxylic acids is 2. The summed E-state index contributed by atoms with van der Waals surface area (Å²) in [6.07, 6.45) is 0.836. The molecule has 1 saturated carbocycles. The van der Waals surface area contributed by atoms with Gasteiger partial charge in [-0.15, -0.1) is 0 Å². The van der Waals surface area contributed by atoms with E-state index in [9.17, 15) is 9.59 Å². The summed E-state index contributed by atoms with van der Waals surface area (Å²) < 4.78 is 0. The Morgan fingerprint density at radius 3 is 2.42 bits per heavy atom. The van der Waals surface area contributed by atoms with Crippen molar-refractivity contribution in [3.05, 3.63) is 0 Å².